The maximum absolute atomic E-state index is 13.5. The van der Waals surface area contributed by atoms with Crippen LogP contribution in [0, 0.1) is 0 Å². The monoisotopic (exact) mass is 1090 g/mol. The van der Waals surface area contributed by atoms with E-state index in [9.17, 15) is 73.3 Å². The zero-order valence-electron chi connectivity index (χ0n) is 40.6. The number of hydrogen-bond donors (Lipinski definition) is 4. The first-order valence-electron chi connectivity index (χ1n) is 22.7. The normalized spacial score (nSPS) is 12.8. The van der Waals surface area contributed by atoms with Crippen LogP contribution < -0.4 is 39.9 Å². The van der Waals surface area contributed by atoms with Crippen LogP contribution >= 0.6 is 0 Å². The van der Waals surface area contributed by atoms with Crippen molar-refractivity contribution >= 4 is 47.0 Å². The Morgan fingerprint density at radius 2 is 0.948 bits per heavy atom. The van der Waals surface area contributed by atoms with Gasteiger partial charge in [-0.05, 0) is 121 Å². The molecule has 0 saturated heterocycles. The number of carbonyl (C=O) groups is 4. The van der Waals surface area contributed by atoms with Gasteiger partial charge in [-0.2, -0.15) is 43.9 Å². The minimum absolute atomic E-state index is 0.0202. The minimum Gasteiger partial charge on any atom is -0.493 e. The Hall–Kier alpha value is -8.12. The van der Waals surface area contributed by atoms with E-state index in [1.165, 1.54) is 129 Å². The van der Waals surface area contributed by atoms with Crippen molar-refractivity contribution in [2.75, 3.05) is 38.9 Å². The number of rotatable bonds is 25. The highest BCUT2D eigenvalue weighted by atomic mass is 19.4. The fourth-order valence-electron chi connectivity index (χ4n) is 7.01. The molecule has 6 N–H and O–H groups in total. The lowest BCUT2D eigenvalue weighted by Gasteiger charge is -2.29. The van der Waals surface area contributed by atoms with E-state index >= 15 is 0 Å². The number of allylic oxidation sites excluding steroid dienone is 1. The summed E-state index contributed by atoms with van der Waals surface area (Å²) < 4.78 is 159. The van der Waals surface area contributed by atoms with Crippen molar-refractivity contribution in [3.63, 3.8) is 0 Å². The van der Waals surface area contributed by atoms with Gasteiger partial charge >= 0.3 is 36.1 Å². The zero-order valence-corrected chi connectivity index (χ0v) is 40.6. The summed E-state index contributed by atoms with van der Waals surface area (Å²) in [6, 6.07) is 22.6. The number of hydrogen-bond acceptors (Lipinski definition) is 14. The number of nitrogen functional groups attached to an aromatic ring is 2. The lowest BCUT2D eigenvalue weighted by atomic mass is 9.83. The average Bonchev–Trinajstić information content (AvgIpc) is 3.36. The Morgan fingerprint density at radius 1 is 0.545 bits per heavy atom. The molecule has 14 nitrogen and oxygen atoms in total. The number of ketones is 2. The highest BCUT2D eigenvalue weighted by Crippen LogP contribution is 2.41. The smallest absolute Gasteiger partial charge is 0.453 e. The molecular weight excluding hydrogens is 1050 g/mol. The fraction of sp³-hybridized carbons (Fsp3) is 0.283. The number of methoxy groups -OCH3 is 2. The highest BCUT2D eigenvalue weighted by molar-refractivity contribution is 6.01. The number of ether oxygens (including phenoxy) is 6. The quantitative estimate of drug-likeness (QED) is 0.00814. The molecule has 0 amide bonds. The molecule has 0 heterocycles. The van der Waals surface area contributed by atoms with E-state index in [0.717, 1.165) is 12.2 Å². The van der Waals surface area contributed by atoms with E-state index in [2.05, 4.69) is 0 Å². The maximum Gasteiger partial charge on any atom is 0.453 e. The molecule has 0 aliphatic rings. The number of carbonyl (C=O) groups excluding carboxylic acids is 4. The van der Waals surface area contributed by atoms with Gasteiger partial charge < -0.3 is 50.1 Å². The highest BCUT2D eigenvalue weighted by Gasteiger charge is 2.57. The number of halogens is 10. The Balaban J connectivity index is 1.18. The molecule has 24 heteroatoms. The minimum atomic E-state index is -5.70. The molecule has 0 aromatic heterocycles. The van der Waals surface area contributed by atoms with Crippen LogP contribution in [-0.2, 0) is 9.59 Å². The molecule has 412 valence electrons. The van der Waals surface area contributed by atoms with Gasteiger partial charge in [0.15, 0.2) is 28.8 Å². The standard InChI is InChI=1S/C53H48F10N2O12/c1-72-44-27-33(11-18-42(44)74-23-3-21-49(54,55)52(58,59)60)47(68)76-39-14-6-31(7-15-39)5-13-38(66)30-41(35-25-36(64)29-37(65)26-35)51(70,71)46(67)20-10-32-8-16-40(17-9-32)77-48(69)34-12-19-43(45(28-34)73-2)75-24-4-22-50(56,57)53(61,62)63/h5-20,25-29,41,70-71H,3-4,21-24,30,64-65H2,1-2H3/b13-5+,20-10+. The van der Waals surface area contributed by atoms with E-state index < -0.39 is 105 Å². The second kappa shape index (κ2) is 25.1. The lowest BCUT2D eigenvalue weighted by Crippen LogP contribution is -2.44. The summed E-state index contributed by atoms with van der Waals surface area (Å²) in [4.78, 5) is 52.7. The number of alkyl halides is 10. The van der Waals surface area contributed by atoms with Gasteiger partial charge in [0.1, 0.15) is 11.5 Å². The fourth-order valence-corrected chi connectivity index (χ4v) is 7.01. The van der Waals surface area contributed by atoms with Crippen LogP contribution in [-0.4, -0.2) is 91.1 Å². The van der Waals surface area contributed by atoms with Gasteiger partial charge in [0, 0.05) is 30.6 Å². The van der Waals surface area contributed by atoms with Crippen LogP contribution in [0.25, 0.3) is 12.2 Å². The van der Waals surface area contributed by atoms with Gasteiger partial charge in [-0.25, -0.2) is 9.59 Å². The zero-order chi connectivity index (χ0) is 56.9. The van der Waals surface area contributed by atoms with Crippen molar-refractivity contribution < 1.29 is 102 Å². The largest absolute Gasteiger partial charge is 0.493 e. The first kappa shape index (κ1) is 59.8. The van der Waals surface area contributed by atoms with Crippen molar-refractivity contribution in [1.82, 2.24) is 0 Å². The van der Waals surface area contributed by atoms with Crippen molar-refractivity contribution in [1.29, 1.82) is 0 Å². The summed E-state index contributed by atoms with van der Waals surface area (Å²) >= 11 is 0. The van der Waals surface area contributed by atoms with E-state index in [4.69, 9.17) is 39.9 Å². The molecule has 0 aliphatic heterocycles. The molecule has 5 rings (SSSR count). The predicted octanol–water partition coefficient (Wildman–Crippen LogP) is 10.7. The molecule has 0 spiro atoms. The number of anilines is 2. The number of benzene rings is 5. The lowest BCUT2D eigenvalue weighted by molar-refractivity contribution is -0.284. The molecule has 0 radical (unpaired) electrons. The summed E-state index contributed by atoms with van der Waals surface area (Å²) in [5, 5.41) is 22.7. The van der Waals surface area contributed by atoms with E-state index in [1.54, 1.807) is 0 Å². The molecule has 0 bridgehead atoms. The second-order valence-electron chi connectivity index (χ2n) is 16.9. The predicted molar refractivity (Wildman–Crippen MR) is 258 cm³/mol. The van der Waals surface area contributed by atoms with E-state index in [0.29, 0.717) is 11.1 Å². The molecule has 1 unspecified atom stereocenters. The van der Waals surface area contributed by atoms with Crippen molar-refractivity contribution in [3.8, 4) is 34.5 Å². The number of nitrogens with two attached hydrogens (primary N) is 2. The third-order valence-electron chi connectivity index (χ3n) is 11.1. The molecular formula is C53H48F10N2O12. The van der Waals surface area contributed by atoms with Gasteiger partial charge in [-0.1, -0.05) is 36.4 Å². The summed E-state index contributed by atoms with van der Waals surface area (Å²) in [5.41, 5.74) is 12.8. The summed E-state index contributed by atoms with van der Waals surface area (Å²) in [7, 11) is 2.42. The third kappa shape index (κ3) is 16.4. The van der Waals surface area contributed by atoms with Gasteiger partial charge in [0.2, 0.25) is 11.6 Å². The molecule has 77 heavy (non-hydrogen) atoms. The third-order valence-corrected chi connectivity index (χ3v) is 11.1. The Bertz CT molecular complexity index is 2920. The molecule has 1 atom stereocenters. The Morgan fingerprint density at radius 3 is 1.34 bits per heavy atom. The van der Waals surface area contributed by atoms with Crippen molar-refractivity contribution in [2.45, 2.75) is 68.0 Å². The molecule has 0 aliphatic carbocycles. The first-order valence-corrected chi connectivity index (χ1v) is 22.7. The van der Waals surface area contributed by atoms with E-state index in [1.807, 2.05) is 0 Å². The van der Waals surface area contributed by atoms with Gasteiger partial charge in [0.25, 0.3) is 0 Å². The van der Waals surface area contributed by atoms with Crippen LogP contribution in [0.2, 0.25) is 0 Å². The number of esters is 2. The maximum atomic E-state index is 13.5. The van der Waals surface area contributed by atoms with Crippen LogP contribution in [0.5, 0.6) is 34.5 Å². The average molecular weight is 1090 g/mol. The topological polar surface area (TPSA) is 216 Å². The second-order valence-corrected chi connectivity index (χ2v) is 16.9. The van der Waals surface area contributed by atoms with Gasteiger partial charge in [-0.15, -0.1) is 0 Å². The number of aliphatic hydroxyl groups is 2. The van der Waals surface area contributed by atoms with Gasteiger partial charge in [-0.3, -0.25) is 9.59 Å². The molecule has 5 aromatic carbocycles. The van der Waals surface area contributed by atoms with Crippen LogP contribution in [0.1, 0.15) is 75.4 Å². The molecule has 0 fully saturated rings. The summed E-state index contributed by atoms with van der Waals surface area (Å²) in [5.74, 6) is -18.4. The Labute approximate surface area is 432 Å². The SMILES string of the molecule is COc1cc(C(=O)Oc2ccc(/C=C/C(=O)CC(c3cc(N)cc(N)c3)C(O)(O)C(=O)/C=C/c3ccc(OC(=O)c4ccc(OCCCC(F)(F)C(F)(F)F)c(OC)c4)cc3)cc2)ccc1OCCCC(F)(F)C(F)(F)F. The first-order chi connectivity index (χ1) is 36.0. The van der Waals surface area contributed by atoms with Crippen molar-refractivity contribution in [3.05, 3.63) is 143 Å². The van der Waals surface area contributed by atoms with Gasteiger partial charge in [0.05, 0.1) is 44.5 Å². The van der Waals surface area contributed by atoms with E-state index in [-0.39, 0.29) is 62.6 Å². The van der Waals surface area contributed by atoms with Crippen molar-refractivity contribution in [2.24, 2.45) is 0 Å². The van der Waals surface area contributed by atoms with Crippen LogP contribution in [0.15, 0.2) is 115 Å². The Kier molecular flexibility index (Phi) is 19.5. The van der Waals surface area contributed by atoms with Crippen LogP contribution in [0.4, 0.5) is 55.3 Å². The van der Waals surface area contributed by atoms with Crippen LogP contribution in [0.3, 0.4) is 0 Å². The molecule has 5 aromatic rings. The summed E-state index contributed by atoms with van der Waals surface area (Å²) in [6.07, 6.45) is -11.8. The summed E-state index contributed by atoms with van der Waals surface area (Å²) in [6.45, 7) is -1.02. The molecule has 0 saturated carbocycles.